The molecule has 1 unspecified atom stereocenters. The van der Waals surface area contributed by atoms with E-state index in [9.17, 15) is 9.18 Å². The van der Waals surface area contributed by atoms with Crippen molar-refractivity contribution in [2.45, 2.75) is 44.6 Å². The Bertz CT molecular complexity index is 961. The van der Waals surface area contributed by atoms with Crippen LogP contribution in [0.15, 0.2) is 36.7 Å². The largest absolute Gasteiger partial charge is 0.344 e. The van der Waals surface area contributed by atoms with Gasteiger partial charge in [0.25, 0.3) is 0 Å². The van der Waals surface area contributed by atoms with E-state index in [1.165, 1.54) is 6.07 Å². The van der Waals surface area contributed by atoms with Gasteiger partial charge in [-0.25, -0.2) is 4.39 Å². The summed E-state index contributed by atoms with van der Waals surface area (Å²) in [4.78, 5) is 19.7. The standard InChI is InChI=1S/C24H31FN6O2/c1-33-24-28-22-20(25)3-2-4-21(22)31(24)19-8-13-30(14-9-19)23(32)18-6-11-29(12-7-18)16-17-5-10-26-27-15-17/h2-5,10,15,18-19,24,28H,6-9,11-14,16H2,1H3. The number of nitrogens with one attached hydrogen (secondary N) is 1. The summed E-state index contributed by atoms with van der Waals surface area (Å²) in [6.45, 7) is 4.15. The molecule has 1 aromatic carbocycles. The molecule has 176 valence electrons. The summed E-state index contributed by atoms with van der Waals surface area (Å²) in [5, 5.41) is 10.9. The number of nitrogens with zero attached hydrogens (tertiary/aromatic N) is 5. The topological polar surface area (TPSA) is 73.8 Å². The minimum absolute atomic E-state index is 0.100. The molecule has 1 N–H and O–H groups in total. The van der Waals surface area contributed by atoms with Crippen LogP contribution >= 0.6 is 0 Å². The van der Waals surface area contributed by atoms with Crippen LogP contribution in [0.25, 0.3) is 0 Å². The van der Waals surface area contributed by atoms with Gasteiger partial charge in [-0.05, 0) is 62.5 Å². The smallest absolute Gasteiger partial charge is 0.225 e. The number of rotatable bonds is 5. The van der Waals surface area contributed by atoms with E-state index in [1.807, 2.05) is 17.0 Å². The fourth-order valence-corrected chi connectivity index (χ4v) is 5.38. The number of hydrogen-bond donors (Lipinski definition) is 1. The predicted octanol–water partition coefficient (Wildman–Crippen LogP) is 2.68. The molecule has 8 nitrogen and oxygen atoms in total. The molecule has 0 spiro atoms. The van der Waals surface area contributed by atoms with Gasteiger partial charge < -0.3 is 19.9 Å². The molecule has 2 aromatic rings. The first kappa shape index (κ1) is 22.0. The van der Waals surface area contributed by atoms with Gasteiger partial charge in [0.1, 0.15) is 5.82 Å². The summed E-state index contributed by atoms with van der Waals surface area (Å²) in [5.41, 5.74) is 2.49. The summed E-state index contributed by atoms with van der Waals surface area (Å²) in [7, 11) is 1.63. The number of aromatic nitrogens is 2. The SMILES string of the molecule is COC1Nc2c(F)cccc2N1C1CCN(C(=O)C2CCN(Cc3ccnnc3)CC2)CC1. The Hall–Kier alpha value is -2.78. The summed E-state index contributed by atoms with van der Waals surface area (Å²) in [5.74, 6) is 0.118. The van der Waals surface area contributed by atoms with Gasteiger partial charge in [-0.15, -0.1) is 0 Å². The first-order chi connectivity index (χ1) is 16.1. The first-order valence-electron chi connectivity index (χ1n) is 11.8. The molecule has 33 heavy (non-hydrogen) atoms. The fraction of sp³-hybridized carbons (Fsp3) is 0.542. The zero-order valence-electron chi connectivity index (χ0n) is 19.0. The molecule has 1 aromatic heterocycles. The van der Waals surface area contributed by atoms with Crippen LogP contribution in [-0.2, 0) is 16.1 Å². The Morgan fingerprint density at radius 1 is 1.12 bits per heavy atom. The van der Waals surface area contributed by atoms with Crippen LogP contribution in [0, 0.1) is 11.7 Å². The number of anilines is 2. The molecule has 1 atom stereocenters. The van der Waals surface area contributed by atoms with Gasteiger partial charge in [-0.3, -0.25) is 9.69 Å². The number of likely N-dealkylation sites (tertiary alicyclic amines) is 2. The zero-order valence-corrected chi connectivity index (χ0v) is 19.0. The van der Waals surface area contributed by atoms with Crippen molar-refractivity contribution in [3.63, 3.8) is 0 Å². The van der Waals surface area contributed by atoms with Crippen LogP contribution < -0.4 is 10.2 Å². The number of carbonyl (C=O) groups excluding carboxylic acids is 1. The molecule has 2 fully saturated rings. The Morgan fingerprint density at radius 3 is 2.61 bits per heavy atom. The summed E-state index contributed by atoms with van der Waals surface area (Å²) < 4.78 is 19.8. The highest BCUT2D eigenvalue weighted by Gasteiger charge is 2.38. The van der Waals surface area contributed by atoms with E-state index in [0.717, 1.165) is 69.7 Å². The lowest BCUT2D eigenvalue weighted by Gasteiger charge is -2.41. The van der Waals surface area contributed by atoms with Gasteiger partial charge in [0.05, 0.1) is 17.6 Å². The van der Waals surface area contributed by atoms with E-state index in [1.54, 1.807) is 25.6 Å². The van der Waals surface area contributed by atoms with Crippen molar-refractivity contribution in [3.05, 3.63) is 48.0 Å². The van der Waals surface area contributed by atoms with E-state index in [0.29, 0.717) is 5.69 Å². The lowest BCUT2D eigenvalue weighted by molar-refractivity contribution is -0.138. The van der Waals surface area contributed by atoms with E-state index in [2.05, 4.69) is 25.3 Å². The van der Waals surface area contributed by atoms with Gasteiger partial charge >= 0.3 is 0 Å². The highest BCUT2D eigenvalue weighted by Crippen LogP contribution is 2.40. The monoisotopic (exact) mass is 454 g/mol. The summed E-state index contributed by atoms with van der Waals surface area (Å²) in [6, 6.07) is 7.31. The minimum Gasteiger partial charge on any atom is -0.344 e. The Balaban J connectivity index is 1.14. The summed E-state index contributed by atoms with van der Waals surface area (Å²) >= 11 is 0. The van der Waals surface area contributed by atoms with Crippen molar-refractivity contribution in [3.8, 4) is 0 Å². The van der Waals surface area contributed by atoms with Crippen LogP contribution in [0.3, 0.4) is 0 Å². The third kappa shape index (κ3) is 4.52. The highest BCUT2D eigenvalue weighted by molar-refractivity contribution is 5.79. The zero-order chi connectivity index (χ0) is 22.8. The minimum atomic E-state index is -0.385. The Morgan fingerprint density at radius 2 is 1.91 bits per heavy atom. The van der Waals surface area contributed by atoms with Gasteiger partial charge in [0, 0.05) is 44.9 Å². The van der Waals surface area contributed by atoms with Crippen molar-refractivity contribution in [1.29, 1.82) is 0 Å². The molecule has 3 aliphatic rings. The number of hydrogen-bond acceptors (Lipinski definition) is 7. The van der Waals surface area contributed by atoms with Crippen LogP contribution in [-0.4, -0.2) is 71.6 Å². The predicted molar refractivity (Wildman–Crippen MR) is 123 cm³/mol. The van der Waals surface area contributed by atoms with Crippen molar-refractivity contribution in [1.82, 2.24) is 20.0 Å². The number of fused-ring (bicyclic) bond motifs is 1. The molecule has 3 aliphatic heterocycles. The molecule has 4 heterocycles. The number of piperidine rings is 2. The van der Waals surface area contributed by atoms with Crippen LogP contribution in [0.4, 0.5) is 15.8 Å². The molecule has 0 bridgehead atoms. The van der Waals surface area contributed by atoms with Crippen LogP contribution in [0.1, 0.15) is 31.2 Å². The third-order valence-electron chi connectivity index (χ3n) is 7.17. The fourth-order valence-electron chi connectivity index (χ4n) is 5.38. The second-order valence-electron chi connectivity index (χ2n) is 9.13. The van der Waals surface area contributed by atoms with Crippen LogP contribution in [0.2, 0.25) is 0 Å². The van der Waals surface area contributed by atoms with Gasteiger partial charge in [-0.1, -0.05) is 6.07 Å². The number of benzene rings is 1. The van der Waals surface area contributed by atoms with E-state index in [-0.39, 0.29) is 30.0 Å². The molecule has 2 saturated heterocycles. The number of amides is 1. The van der Waals surface area contributed by atoms with E-state index < -0.39 is 0 Å². The molecule has 0 aliphatic carbocycles. The molecular formula is C24H31FN6O2. The average molecular weight is 455 g/mol. The first-order valence-corrected chi connectivity index (χ1v) is 11.8. The molecule has 0 radical (unpaired) electrons. The molecule has 1 amide bonds. The summed E-state index contributed by atoms with van der Waals surface area (Å²) in [6.07, 6.45) is 6.62. The molecule has 9 heteroatoms. The third-order valence-corrected chi connectivity index (χ3v) is 7.17. The second kappa shape index (κ2) is 9.61. The van der Waals surface area contributed by atoms with Crippen molar-refractivity contribution < 1.29 is 13.9 Å². The number of ether oxygens (including phenoxy) is 1. The highest BCUT2D eigenvalue weighted by atomic mass is 19.1. The second-order valence-corrected chi connectivity index (χ2v) is 9.13. The van der Waals surface area contributed by atoms with Crippen molar-refractivity contribution in [2.24, 2.45) is 5.92 Å². The maximum Gasteiger partial charge on any atom is 0.225 e. The lowest BCUT2D eigenvalue weighted by atomic mass is 9.93. The lowest BCUT2D eigenvalue weighted by Crippen LogP contribution is -2.52. The molecule has 5 rings (SSSR count). The van der Waals surface area contributed by atoms with Crippen LogP contribution in [0.5, 0.6) is 0 Å². The molecular weight excluding hydrogens is 423 g/mol. The average Bonchev–Trinajstić information content (AvgIpc) is 3.25. The van der Waals surface area contributed by atoms with E-state index >= 15 is 0 Å². The maximum absolute atomic E-state index is 14.3. The van der Waals surface area contributed by atoms with Gasteiger partial charge in [0.15, 0.2) is 0 Å². The molecule has 0 saturated carbocycles. The van der Waals surface area contributed by atoms with Crippen molar-refractivity contribution >= 4 is 17.3 Å². The number of halogens is 1. The Labute approximate surface area is 193 Å². The number of carbonyl (C=O) groups is 1. The Kier molecular flexibility index (Phi) is 6.41. The maximum atomic E-state index is 14.3. The van der Waals surface area contributed by atoms with E-state index in [4.69, 9.17) is 4.74 Å². The number of methoxy groups -OCH3 is 1. The quantitative estimate of drug-likeness (QED) is 0.745. The van der Waals surface area contributed by atoms with Gasteiger partial charge in [-0.2, -0.15) is 10.2 Å². The normalized spacial score (nSPS) is 22.3. The van der Waals surface area contributed by atoms with Gasteiger partial charge in [0.2, 0.25) is 12.3 Å². The van der Waals surface area contributed by atoms with Crippen molar-refractivity contribution in [2.75, 3.05) is 43.5 Å². The number of para-hydroxylation sites is 1.